The lowest BCUT2D eigenvalue weighted by Gasteiger charge is -2.17. The van der Waals surface area contributed by atoms with E-state index in [1.165, 1.54) is 17.7 Å². The molecule has 0 bridgehead atoms. The van der Waals surface area contributed by atoms with Gasteiger partial charge in [-0.05, 0) is 41.8 Å². The summed E-state index contributed by atoms with van der Waals surface area (Å²) >= 11 is 0. The molecule has 1 fully saturated rings. The van der Waals surface area contributed by atoms with Crippen molar-refractivity contribution in [3.63, 3.8) is 0 Å². The summed E-state index contributed by atoms with van der Waals surface area (Å²) in [5, 5.41) is 2.60. The van der Waals surface area contributed by atoms with Gasteiger partial charge in [0.1, 0.15) is 5.82 Å². The van der Waals surface area contributed by atoms with Gasteiger partial charge in [-0.2, -0.15) is 0 Å². The summed E-state index contributed by atoms with van der Waals surface area (Å²) in [5.41, 5.74) is 2.65. The van der Waals surface area contributed by atoms with Crippen LogP contribution in [0.15, 0.2) is 48.5 Å². The predicted octanol–water partition coefficient (Wildman–Crippen LogP) is 2.60. The second-order valence-electron chi connectivity index (χ2n) is 6.94. The van der Waals surface area contributed by atoms with Crippen molar-refractivity contribution >= 4 is 23.5 Å². The van der Waals surface area contributed by atoms with Crippen LogP contribution in [0.2, 0.25) is 0 Å². The number of nitrogens with zero attached hydrogens (tertiary/aromatic N) is 1. The Morgan fingerprint density at radius 3 is 2.41 bits per heavy atom. The lowest BCUT2D eigenvalue weighted by atomic mass is 10.1. The zero-order valence-corrected chi connectivity index (χ0v) is 16.2. The van der Waals surface area contributed by atoms with Gasteiger partial charge < -0.3 is 15.0 Å². The third-order valence-corrected chi connectivity index (χ3v) is 4.86. The van der Waals surface area contributed by atoms with Crippen LogP contribution in [0, 0.1) is 11.7 Å². The number of ether oxygens (including phenoxy) is 1. The number of carbonyl (C=O) groups is 3. The number of halogens is 1. The van der Waals surface area contributed by atoms with Crippen LogP contribution >= 0.6 is 0 Å². The van der Waals surface area contributed by atoms with Crippen LogP contribution in [-0.4, -0.2) is 30.9 Å². The molecule has 0 unspecified atom stereocenters. The van der Waals surface area contributed by atoms with Crippen molar-refractivity contribution in [2.45, 2.75) is 26.3 Å². The average Bonchev–Trinajstić information content (AvgIpc) is 3.13. The molecular weight excluding hydrogens is 375 g/mol. The fourth-order valence-electron chi connectivity index (χ4n) is 3.14. The van der Waals surface area contributed by atoms with Crippen molar-refractivity contribution < 1.29 is 23.5 Å². The topological polar surface area (TPSA) is 75.7 Å². The van der Waals surface area contributed by atoms with Crippen LogP contribution in [0.3, 0.4) is 0 Å². The molecule has 0 radical (unpaired) electrons. The fourth-order valence-corrected chi connectivity index (χ4v) is 3.14. The van der Waals surface area contributed by atoms with Gasteiger partial charge in [0.05, 0.1) is 5.92 Å². The molecule has 0 saturated carbocycles. The van der Waals surface area contributed by atoms with Crippen LogP contribution in [0.25, 0.3) is 0 Å². The molecule has 2 aromatic rings. The minimum atomic E-state index is -0.599. The van der Waals surface area contributed by atoms with E-state index in [0.717, 1.165) is 17.7 Å². The average molecular weight is 398 g/mol. The highest BCUT2D eigenvalue weighted by Gasteiger charge is 2.36. The Balaban J connectivity index is 1.46. The van der Waals surface area contributed by atoms with Gasteiger partial charge in [0.15, 0.2) is 6.61 Å². The molecule has 2 amide bonds. The van der Waals surface area contributed by atoms with Crippen molar-refractivity contribution in [1.29, 1.82) is 0 Å². The molecule has 2 aromatic carbocycles. The number of esters is 1. The summed E-state index contributed by atoms with van der Waals surface area (Å²) in [7, 11) is 0. The number of hydrogen-bond acceptors (Lipinski definition) is 4. The van der Waals surface area contributed by atoms with Gasteiger partial charge in [-0.3, -0.25) is 14.4 Å². The van der Waals surface area contributed by atoms with Gasteiger partial charge in [0.25, 0.3) is 5.91 Å². The molecule has 1 atom stereocenters. The number of nitrogens with one attached hydrogen (secondary N) is 1. The zero-order valence-electron chi connectivity index (χ0n) is 16.2. The first-order chi connectivity index (χ1) is 14.0. The smallest absolute Gasteiger partial charge is 0.311 e. The minimum absolute atomic E-state index is 0.0611. The Morgan fingerprint density at radius 2 is 1.76 bits per heavy atom. The fraction of sp³-hybridized carbons (Fsp3) is 0.318. The zero-order chi connectivity index (χ0) is 20.8. The van der Waals surface area contributed by atoms with Crippen molar-refractivity contribution in [1.82, 2.24) is 5.32 Å². The van der Waals surface area contributed by atoms with E-state index in [2.05, 4.69) is 12.2 Å². The number of anilines is 1. The standard InChI is InChI=1S/C22H23FN2O4/c1-2-15-5-9-19(10-6-15)25-13-17(11-21(25)27)22(28)29-14-20(26)24-12-16-3-7-18(23)8-4-16/h3-10,17H,2,11-14H2,1H3,(H,24,26)/t17-/m0/s1. The van der Waals surface area contributed by atoms with Gasteiger partial charge in [0, 0.05) is 25.2 Å². The molecule has 1 heterocycles. The summed E-state index contributed by atoms with van der Waals surface area (Å²) in [4.78, 5) is 38.0. The number of rotatable bonds is 7. The maximum absolute atomic E-state index is 12.9. The molecule has 7 heteroatoms. The second kappa shape index (κ2) is 9.32. The summed E-state index contributed by atoms with van der Waals surface area (Å²) in [6, 6.07) is 13.4. The molecular formula is C22H23FN2O4. The van der Waals surface area contributed by atoms with E-state index in [4.69, 9.17) is 4.74 Å². The lowest BCUT2D eigenvalue weighted by Crippen LogP contribution is -2.31. The Labute approximate surface area is 168 Å². The van der Waals surface area contributed by atoms with Crippen molar-refractivity contribution in [3.05, 3.63) is 65.5 Å². The number of carbonyl (C=O) groups excluding carboxylic acids is 3. The Bertz CT molecular complexity index is 881. The number of benzene rings is 2. The molecule has 1 aliphatic heterocycles. The van der Waals surface area contributed by atoms with Crippen LogP contribution in [0.4, 0.5) is 10.1 Å². The highest BCUT2D eigenvalue weighted by atomic mass is 19.1. The SMILES string of the molecule is CCc1ccc(N2C[C@@H](C(=O)OCC(=O)NCc3ccc(F)cc3)CC2=O)cc1. The molecule has 1 saturated heterocycles. The second-order valence-corrected chi connectivity index (χ2v) is 6.94. The monoisotopic (exact) mass is 398 g/mol. The first kappa shape index (κ1) is 20.5. The summed E-state index contributed by atoms with van der Waals surface area (Å²) in [5.74, 6) is -2.12. The van der Waals surface area contributed by atoms with Gasteiger partial charge >= 0.3 is 5.97 Å². The lowest BCUT2D eigenvalue weighted by molar-refractivity contribution is -0.152. The van der Waals surface area contributed by atoms with Crippen molar-refractivity contribution in [2.24, 2.45) is 5.92 Å². The van der Waals surface area contributed by atoms with Gasteiger partial charge in [-0.15, -0.1) is 0 Å². The van der Waals surface area contributed by atoms with E-state index >= 15 is 0 Å². The van der Waals surface area contributed by atoms with E-state index in [1.54, 1.807) is 17.0 Å². The first-order valence-corrected chi connectivity index (χ1v) is 9.53. The predicted molar refractivity (Wildman–Crippen MR) is 105 cm³/mol. The van der Waals surface area contributed by atoms with Crippen molar-refractivity contribution in [3.8, 4) is 0 Å². The highest BCUT2D eigenvalue weighted by Crippen LogP contribution is 2.26. The Morgan fingerprint density at radius 1 is 1.10 bits per heavy atom. The quantitative estimate of drug-likeness (QED) is 0.728. The van der Waals surface area contributed by atoms with Crippen LogP contribution in [-0.2, 0) is 32.1 Å². The summed E-state index contributed by atoms with van der Waals surface area (Å²) in [6.07, 6.45) is 0.970. The Hall–Kier alpha value is -3.22. The van der Waals surface area contributed by atoms with E-state index in [-0.39, 0.29) is 31.2 Å². The summed E-state index contributed by atoms with van der Waals surface area (Å²) < 4.78 is 17.9. The number of aryl methyl sites for hydroxylation is 1. The number of hydrogen-bond donors (Lipinski definition) is 1. The third-order valence-electron chi connectivity index (χ3n) is 4.86. The molecule has 152 valence electrons. The number of amides is 2. The molecule has 1 N–H and O–H groups in total. The molecule has 29 heavy (non-hydrogen) atoms. The maximum Gasteiger partial charge on any atom is 0.311 e. The van der Waals surface area contributed by atoms with Gasteiger partial charge in [0.2, 0.25) is 5.91 Å². The molecule has 0 aromatic heterocycles. The van der Waals surface area contributed by atoms with Crippen LogP contribution < -0.4 is 10.2 Å². The molecule has 6 nitrogen and oxygen atoms in total. The highest BCUT2D eigenvalue weighted by molar-refractivity contribution is 5.99. The molecule has 0 spiro atoms. The van der Waals surface area contributed by atoms with Crippen LogP contribution in [0.5, 0.6) is 0 Å². The first-order valence-electron chi connectivity index (χ1n) is 9.53. The van der Waals surface area contributed by atoms with E-state index < -0.39 is 24.4 Å². The third kappa shape index (κ3) is 5.40. The van der Waals surface area contributed by atoms with Gasteiger partial charge in [-0.25, -0.2) is 4.39 Å². The molecule has 3 rings (SSSR count). The van der Waals surface area contributed by atoms with Gasteiger partial charge in [-0.1, -0.05) is 31.2 Å². The molecule has 1 aliphatic rings. The maximum atomic E-state index is 12.9. The Kier molecular flexibility index (Phi) is 6.59. The van der Waals surface area contributed by atoms with E-state index in [1.807, 2.05) is 24.3 Å². The minimum Gasteiger partial charge on any atom is -0.455 e. The van der Waals surface area contributed by atoms with Crippen molar-refractivity contribution in [2.75, 3.05) is 18.1 Å². The largest absolute Gasteiger partial charge is 0.455 e. The summed E-state index contributed by atoms with van der Waals surface area (Å²) in [6.45, 7) is 2.08. The van der Waals surface area contributed by atoms with E-state index in [9.17, 15) is 18.8 Å². The normalized spacial score (nSPS) is 16.0. The van der Waals surface area contributed by atoms with E-state index in [0.29, 0.717) is 0 Å². The molecule has 0 aliphatic carbocycles. The van der Waals surface area contributed by atoms with Crippen LogP contribution in [0.1, 0.15) is 24.5 Å².